The first kappa shape index (κ1) is 22.7. The molecule has 0 fully saturated rings. The van der Waals surface area contributed by atoms with Crippen LogP contribution in [-0.4, -0.2) is 24.0 Å². The number of ether oxygens (including phenoxy) is 2. The van der Waals surface area contributed by atoms with Gasteiger partial charge in [0.15, 0.2) is 0 Å². The lowest BCUT2D eigenvalue weighted by atomic mass is 10.2. The zero-order chi connectivity index (χ0) is 22.4. The molecule has 0 heterocycles. The van der Waals surface area contributed by atoms with Crippen molar-refractivity contribution in [2.24, 2.45) is 5.73 Å². The van der Waals surface area contributed by atoms with Crippen LogP contribution in [0.25, 0.3) is 0 Å². The summed E-state index contributed by atoms with van der Waals surface area (Å²) in [5.74, 6) is -16.5. The number of carbonyl (C=O) groups excluding carboxylic acids is 3. The number of alkyl carbamates (subject to hydrolysis) is 1. The van der Waals surface area contributed by atoms with Crippen molar-refractivity contribution in [1.82, 2.24) is 5.32 Å². The molecule has 2 amide bonds. The third-order valence-electron chi connectivity index (χ3n) is 3.53. The van der Waals surface area contributed by atoms with Gasteiger partial charge >= 0.3 is 12.1 Å². The maximum atomic E-state index is 13.5. The van der Waals surface area contributed by atoms with Crippen LogP contribution in [0.3, 0.4) is 0 Å². The molecule has 2 aromatic carbocycles. The van der Waals surface area contributed by atoms with Gasteiger partial charge < -0.3 is 15.2 Å². The van der Waals surface area contributed by atoms with Crippen LogP contribution in [-0.2, 0) is 20.9 Å². The summed E-state index contributed by atoms with van der Waals surface area (Å²) in [6.45, 7) is -0.158. The third-order valence-corrected chi connectivity index (χ3v) is 3.53. The topological polar surface area (TPSA) is 108 Å². The molecule has 2 rings (SSSR count). The Morgan fingerprint density at radius 3 is 2.00 bits per heavy atom. The van der Waals surface area contributed by atoms with Gasteiger partial charge in [-0.2, -0.15) is 8.78 Å². The van der Waals surface area contributed by atoms with Crippen molar-refractivity contribution >= 4 is 18.0 Å². The maximum absolute atomic E-state index is 13.5. The van der Waals surface area contributed by atoms with E-state index in [0.717, 1.165) is 0 Å². The van der Waals surface area contributed by atoms with Gasteiger partial charge in [-0.25, -0.2) is 22.8 Å². The van der Waals surface area contributed by atoms with E-state index in [-0.39, 0.29) is 6.61 Å². The zero-order valence-corrected chi connectivity index (χ0v) is 14.9. The maximum Gasteiger partial charge on any atom is 0.414 e. The summed E-state index contributed by atoms with van der Waals surface area (Å²) in [6, 6.07) is 6.54. The quantitative estimate of drug-likeness (QED) is 0.239. The molecule has 2 aromatic rings. The van der Waals surface area contributed by atoms with E-state index >= 15 is 0 Å². The van der Waals surface area contributed by atoms with Gasteiger partial charge in [-0.05, 0) is 5.56 Å². The van der Waals surface area contributed by atoms with E-state index in [0.29, 0.717) is 5.56 Å². The predicted molar refractivity (Wildman–Crippen MR) is 89.2 cm³/mol. The number of imide groups is 1. The van der Waals surface area contributed by atoms with E-state index in [1.807, 2.05) is 0 Å². The standard InChI is InChI=1S/C18H13F5N2O5/c19-11-12(20)14(22)16(15(23)13(11)21)30-17(27)9(24)6-10(26)25-18(28)29-7-8-4-2-1-3-5-8/h1-5,9H,6-7,24H2,(H,25,26,28)/t9-/m0/s1. The fourth-order valence-corrected chi connectivity index (χ4v) is 2.06. The Kier molecular flexibility index (Phi) is 7.42. The lowest BCUT2D eigenvalue weighted by Gasteiger charge is -2.13. The SMILES string of the molecule is N[C@@H](CC(=O)NC(=O)OCc1ccccc1)C(=O)Oc1c(F)c(F)c(F)c(F)c1F. The van der Waals surface area contributed by atoms with Crippen molar-refractivity contribution in [2.45, 2.75) is 19.1 Å². The van der Waals surface area contributed by atoms with Gasteiger partial charge in [0.05, 0.1) is 6.42 Å². The van der Waals surface area contributed by atoms with Crippen molar-refractivity contribution in [2.75, 3.05) is 0 Å². The lowest BCUT2D eigenvalue weighted by molar-refractivity contribution is -0.138. The van der Waals surface area contributed by atoms with Crippen molar-refractivity contribution in [1.29, 1.82) is 0 Å². The Bertz CT molecular complexity index is 942. The van der Waals surface area contributed by atoms with Crippen molar-refractivity contribution in [3.63, 3.8) is 0 Å². The summed E-state index contributed by atoms with van der Waals surface area (Å²) in [5, 5.41) is 1.74. The summed E-state index contributed by atoms with van der Waals surface area (Å²) >= 11 is 0. The molecule has 0 radical (unpaired) electrons. The average molecular weight is 432 g/mol. The van der Waals surface area contributed by atoms with E-state index in [1.165, 1.54) is 0 Å². The summed E-state index contributed by atoms with van der Waals surface area (Å²) in [6.07, 6.45) is -2.07. The summed E-state index contributed by atoms with van der Waals surface area (Å²) < 4.78 is 75.1. The monoisotopic (exact) mass is 432 g/mol. The van der Waals surface area contributed by atoms with Crippen molar-refractivity contribution < 1.29 is 45.8 Å². The molecule has 1 atom stereocenters. The summed E-state index contributed by atoms with van der Waals surface area (Å²) in [7, 11) is 0. The number of rotatable bonds is 6. The van der Waals surface area contributed by atoms with E-state index < -0.39 is 65.3 Å². The Morgan fingerprint density at radius 1 is 0.900 bits per heavy atom. The van der Waals surface area contributed by atoms with Crippen LogP contribution >= 0.6 is 0 Å². The number of hydrogen-bond donors (Lipinski definition) is 2. The Morgan fingerprint density at radius 2 is 1.43 bits per heavy atom. The molecule has 3 N–H and O–H groups in total. The largest absolute Gasteiger partial charge is 0.444 e. The van der Waals surface area contributed by atoms with E-state index in [4.69, 9.17) is 10.5 Å². The Hall–Kier alpha value is -3.54. The van der Waals surface area contributed by atoms with Crippen molar-refractivity contribution in [3.05, 3.63) is 65.0 Å². The second kappa shape index (κ2) is 9.78. The Balaban J connectivity index is 1.91. The highest BCUT2D eigenvalue weighted by Crippen LogP contribution is 2.29. The van der Waals surface area contributed by atoms with Crippen LogP contribution in [0.1, 0.15) is 12.0 Å². The second-order valence-electron chi connectivity index (χ2n) is 5.74. The van der Waals surface area contributed by atoms with Crippen LogP contribution in [0.4, 0.5) is 26.7 Å². The predicted octanol–water partition coefficient (Wildman–Crippen LogP) is 2.46. The normalized spacial score (nSPS) is 11.5. The Labute approximate surface area is 165 Å². The molecule has 0 bridgehead atoms. The van der Waals surface area contributed by atoms with Crippen LogP contribution in [0.5, 0.6) is 5.75 Å². The minimum atomic E-state index is -2.44. The lowest BCUT2D eigenvalue weighted by Crippen LogP contribution is -2.41. The molecule has 0 spiro atoms. The second-order valence-corrected chi connectivity index (χ2v) is 5.74. The minimum Gasteiger partial charge on any atom is -0.444 e. The first-order valence-electron chi connectivity index (χ1n) is 8.11. The minimum absolute atomic E-state index is 0.158. The number of benzene rings is 2. The molecule has 160 valence electrons. The van der Waals surface area contributed by atoms with Gasteiger partial charge in [-0.15, -0.1) is 0 Å². The number of hydrogen-bond acceptors (Lipinski definition) is 6. The van der Waals surface area contributed by atoms with Crippen LogP contribution in [0, 0.1) is 29.1 Å². The van der Waals surface area contributed by atoms with Gasteiger partial charge in [0.2, 0.25) is 40.7 Å². The zero-order valence-electron chi connectivity index (χ0n) is 14.9. The summed E-state index contributed by atoms with van der Waals surface area (Å²) in [4.78, 5) is 35.0. The van der Waals surface area contributed by atoms with Gasteiger partial charge in [0.1, 0.15) is 12.6 Å². The highest BCUT2D eigenvalue weighted by Gasteiger charge is 2.30. The summed E-state index contributed by atoms with van der Waals surface area (Å²) in [5.41, 5.74) is 5.95. The van der Waals surface area contributed by atoms with Crippen LogP contribution in [0.2, 0.25) is 0 Å². The highest BCUT2D eigenvalue weighted by molar-refractivity contribution is 5.94. The molecule has 7 nitrogen and oxygen atoms in total. The van der Waals surface area contributed by atoms with Gasteiger partial charge in [0, 0.05) is 0 Å². The van der Waals surface area contributed by atoms with E-state index in [1.54, 1.807) is 35.6 Å². The molecular weight excluding hydrogens is 419 g/mol. The number of carbonyl (C=O) groups is 3. The number of nitrogens with one attached hydrogen (secondary N) is 1. The molecule has 0 aromatic heterocycles. The van der Waals surface area contributed by atoms with Crippen LogP contribution < -0.4 is 15.8 Å². The molecule has 30 heavy (non-hydrogen) atoms. The number of amides is 2. The van der Waals surface area contributed by atoms with E-state index in [9.17, 15) is 36.3 Å². The van der Waals surface area contributed by atoms with Gasteiger partial charge in [-0.1, -0.05) is 30.3 Å². The van der Waals surface area contributed by atoms with Crippen molar-refractivity contribution in [3.8, 4) is 5.75 Å². The first-order chi connectivity index (χ1) is 14.1. The molecule has 0 aliphatic carbocycles. The highest BCUT2D eigenvalue weighted by atomic mass is 19.2. The fraction of sp³-hybridized carbons (Fsp3) is 0.167. The molecular formula is C18H13F5N2O5. The molecule has 0 aliphatic rings. The number of nitrogens with two attached hydrogens (primary N) is 1. The molecule has 0 unspecified atom stereocenters. The van der Waals surface area contributed by atoms with Gasteiger partial charge in [-0.3, -0.25) is 10.1 Å². The third kappa shape index (κ3) is 5.50. The molecule has 12 heteroatoms. The molecule has 0 saturated heterocycles. The molecule has 0 aliphatic heterocycles. The number of esters is 1. The smallest absolute Gasteiger partial charge is 0.414 e. The van der Waals surface area contributed by atoms with Crippen LogP contribution in [0.15, 0.2) is 30.3 Å². The number of halogens is 5. The average Bonchev–Trinajstić information content (AvgIpc) is 2.72. The molecule has 0 saturated carbocycles. The van der Waals surface area contributed by atoms with Gasteiger partial charge in [0.25, 0.3) is 0 Å². The van der Waals surface area contributed by atoms with E-state index in [2.05, 4.69) is 4.74 Å². The first-order valence-corrected chi connectivity index (χ1v) is 8.11. The fourth-order valence-electron chi connectivity index (χ4n) is 2.06.